The first-order valence-electron chi connectivity index (χ1n) is 9.27. The van der Waals surface area contributed by atoms with Crippen LogP contribution >= 0.6 is 0 Å². The van der Waals surface area contributed by atoms with Crippen LogP contribution in [0.3, 0.4) is 0 Å². The molecule has 0 aliphatic heterocycles. The van der Waals surface area contributed by atoms with E-state index in [0.717, 1.165) is 28.5 Å². The zero-order valence-electron chi connectivity index (χ0n) is 16.3. The fourth-order valence-electron chi connectivity index (χ4n) is 3.35. The van der Waals surface area contributed by atoms with Gasteiger partial charge >= 0.3 is 0 Å². The molecule has 1 heterocycles. The molecule has 5 heteroatoms. The van der Waals surface area contributed by atoms with E-state index in [1.54, 1.807) is 25.3 Å². The zero-order chi connectivity index (χ0) is 20.2. The summed E-state index contributed by atoms with van der Waals surface area (Å²) in [5, 5.41) is 4.08. The van der Waals surface area contributed by atoms with Crippen molar-refractivity contribution in [3.05, 3.63) is 83.4 Å². The first kappa shape index (κ1) is 18.8. The Bertz CT molecular complexity index is 1160. The maximum Gasteiger partial charge on any atom is 0.258 e. The van der Waals surface area contributed by atoms with E-state index in [0.29, 0.717) is 23.9 Å². The Morgan fingerprint density at radius 1 is 0.966 bits per heavy atom. The third-order valence-electron chi connectivity index (χ3n) is 4.79. The SMILES string of the molecule is COCc1cc(-c2nc(-c3cccc(C=O)c3)no2)ccc1-c1ccccc1C. The van der Waals surface area contributed by atoms with Gasteiger partial charge in [0, 0.05) is 23.8 Å². The molecule has 0 unspecified atom stereocenters. The highest BCUT2D eigenvalue weighted by molar-refractivity contribution is 5.78. The van der Waals surface area contributed by atoms with Crippen LogP contribution in [0, 0.1) is 6.92 Å². The van der Waals surface area contributed by atoms with Crippen molar-refractivity contribution in [2.45, 2.75) is 13.5 Å². The Morgan fingerprint density at radius 2 is 1.83 bits per heavy atom. The molecule has 0 aliphatic rings. The lowest BCUT2D eigenvalue weighted by Crippen LogP contribution is -1.95. The van der Waals surface area contributed by atoms with Crippen molar-refractivity contribution in [3.63, 3.8) is 0 Å². The molecule has 0 N–H and O–H groups in total. The Kier molecular flexibility index (Phi) is 5.31. The summed E-state index contributed by atoms with van der Waals surface area (Å²) in [5.74, 6) is 0.866. The standard InChI is InChI=1S/C24H20N2O3/c1-16-6-3-4-9-21(16)22-11-10-19(13-20(22)15-28-2)24-25-23(26-29-24)18-8-5-7-17(12-18)14-27/h3-14H,15H2,1-2H3. The number of ether oxygens (including phenoxy) is 1. The molecule has 0 fully saturated rings. The highest BCUT2D eigenvalue weighted by atomic mass is 16.5. The number of nitrogens with zero attached hydrogens (tertiary/aromatic N) is 2. The van der Waals surface area contributed by atoms with Gasteiger partial charge in [0.25, 0.3) is 5.89 Å². The van der Waals surface area contributed by atoms with Crippen LogP contribution in [0.1, 0.15) is 21.5 Å². The van der Waals surface area contributed by atoms with Crippen LogP contribution < -0.4 is 0 Å². The second-order valence-electron chi connectivity index (χ2n) is 6.79. The molecule has 4 aromatic rings. The fraction of sp³-hybridized carbons (Fsp3) is 0.125. The maximum absolute atomic E-state index is 11.0. The van der Waals surface area contributed by atoms with Crippen LogP contribution in [-0.2, 0) is 11.3 Å². The van der Waals surface area contributed by atoms with Gasteiger partial charge < -0.3 is 9.26 Å². The number of carbonyl (C=O) groups is 1. The smallest absolute Gasteiger partial charge is 0.258 e. The molecule has 0 radical (unpaired) electrons. The molecule has 0 atom stereocenters. The second kappa shape index (κ2) is 8.20. The van der Waals surface area contributed by atoms with Crippen LogP contribution in [0.2, 0.25) is 0 Å². The number of aryl methyl sites for hydroxylation is 1. The van der Waals surface area contributed by atoms with E-state index in [1.807, 2.05) is 30.3 Å². The lowest BCUT2D eigenvalue weighted by molar-refractivity contribution is 0.112. The van der Waals surface area contributed by atoms with Gasteiger partial charge in [0.1, 0.15) is 6.29 Å². The minimum atomic E-state index is 0.421. The number of aldehydes is 1. The highest BCUT2D eigenvalue weighted by Gasteiger charge is 2.14. The highest BCUT2D eigenvalue weighted by Crippen LogP contribution is 2.31. The monoisotopic (exact) mass is 384 g/mol. The molecule has 0 amide bonds. The van der Waals surface area contributed by atoms with Crippen molar-refractivity contribution in [2.24, 2.45) is 0 Å². The van der Waals surface area contributed by atoms with Gasteiger partial charge in [0.15, 0.2) is 0 Å². The summed E-state index contributed by atoms with van der Waals surface area (Å²) in [6.07, 6.45) is 0.797. The van der Waals surface area contributed by atoms with Crippen molar-refractivity contribution in [1.82, 2.24) is 10.1 Å². The topological polar surface area (TPSA) is 65.2 Å². The van der Waals surface area contributed by atoms with E-state index >= 15 is 0 Å². The molecule has 4 rings (SSSR count). The van der Waals surface area contributed by atoms with Gasteiger partial charge in [-0.3, -0.25) is 4.79 Å². The maximum atomic E-state index is 11.0. The average Bonchev–Trinajstić information content (AvgIpc) is 3.25. The number of hydrogen-bond donors (Lipinski definition) is 0. The predicted octanol–water partition coefficient (Wildman–Crippen LogP) is 5.34. The van der Waals surface area contributed by atoms with Crippen LogP contribution in [-0.4, -0.2) is 23.5 Å². The first-order chi connectivity index (χ1) is 14.2. The summed E-state index contributed by atoms with van der Waals surface area (Å²) in [6, 6.07) is 21.4. The molecule has 0 saturated carbocycles. The Labute approximate surface area is 169 Å². The summed E-state index contributed by atoms with van der Waals surface area (Å²) < 4.78 is 10.9. The van der Waals surface area contributed by atoms with Gasteiger partial charge in [-0.05, 0) is 47.4 Å². The van der Waals surface area contributed by atoms with E-state index in [1.165, 1.54) is 11.1 Å². The number of rotatable bonds is 6. The number of methoxy groups -OCH3 is 1. The first-order valence-corrected chi connectivity index (χ1v) is 9.27. The van der Waals surface area contributed by atoms with E-state index in [-0.39, 0.29) is 0 Å². The molecule has 0 spiro atoms. The van der Waals surface area contributed by atoms with E-state index in [4.69, 9.17) is 9.26 Å². The van der Waals surface area contributed by atoms with Crippen molar-refractivity contribution >= 4 is 6.29 Å². The van der Waals surface area contributed by atoms with Crippen LogP contribution in [0.25, 0.3) is 34.0 Å². The molecule has 0 saturated heterocycles. The zero-order valence-corrected chi connectivity index (χ0v) is 16.3. The largest absolute Gasteiger partial charge is 0.380 e. The van der Waals surface area contributed by atoms with Crippen LogP contribution in [0.15, 0.2) is 71.3 Å². The van der Waals surface area contributed by atoms with Gasteiger partial charge in [-0.25, -0.2) is 0 Å². The van der Waals surface area contributed by atoms with E-state index in [9.17, 15) is 4.79 Å². The average molecular weight is 384 g/mol. The normalized spacial score (nSPS) is 10.8. The van der Waals surface area contributed by atoms with Crippen LogP contribution in [0.5, 0.6) is 0 Å². The lowest BCUT2D eigenvalue weighted by Gasteiger charge is -2.12. The van der Waals surface area contributed by atoms with Crippen molar-refractivity contribution in [1.29, 1.82) is 0 Å². The van der Waals surface area contributed by atoms with Gasteiger partial charge in [-0.2, -0.15) is 4.98 Å². The van der Waals surface area contributed by atoms with Crippen molar-refractivity contribution in [3.8, 4) is 34.0 Å². The number of benzene rings is 3. The number of aromatic nitrogens is 2. The lowest BCUT2D eigenvalue weighted by atomic mass is 9.94. The van der Waals surface area contributed by atoms with Gasteiger partial charge in [0.05, 0.1) is 6.61 Å². The van der Waals surface area contributed by atoms with E-state index in [2.05, 4.69) is 35.3 Å². The fourth-order valence-corrected chi connectivity index (χ4v) is 3.35. The summed E-state index contributed by atoms with van der Waals surface area (Å²) in [4.78, 5) is 15.5. The second-order valence-corrected chi connectivity index (χ2v) is 6.79. The molecular formula is C24H20N2O3. The summed E-state index contributed by atoms with van der Waals surface area (Å²) in [7, 11) is 1.68. The quantitative estimate of drug-likeness (QED) is 0.420. The van der Waals surface area contributed by atoms with Crippen molar-refractivity contribution in [2.75, 3.05) is 7.11 Å². The Hall–Kier alpha value is -3.57. The van der Waals surface area contributed by atoms with Gasteiger partial charge in [-0.15, -0.1) is 0 Å². The molecule has 29 heavy (non-hydrogen) atoms. The minimum absolute atomic E-state index is 0.421. The molecule has 0 aliphatic carbocycles. The third-order valence-corrected chi connectivity index (χ3v) is 4.79. The molecule has 5 nitrogen and oxygen atoms in total. The molecular weight excluding hydrogens is 364 g/mol. The number of hydrogen-bond acceptors (Lipinski definition) is 5. The Morgan fingerprint density at radius 3 is 2.62 bits per heavy atom. The van der Waals surface area contributed by atoms with E-state index < -0.39 is 0 Å². The summed E-state index contributed by atoms with van der Waals surface area (Å²) in [6.45, 7) is 2.57. The third kappa shape index (κ3) is 3.86. The molecule has 1 aromatic heterocycles. The summed E-state index contributed by atoms with van der Waals surface area (Å²) >= 11 is 0. The summed E-state index contributed by atoms with van der Waals surface area (Å²) in [5.41, 5.74) is 6.65. The molecule has 0 bridgehead atoms. The number of carbonyl (C=O) groups excluding carboxylic acids is 1. The van der Waals surface area contributed by atoms with Gasteiger partial charge in [-0.1, -0.05) is 53.7 Å². The van der Waals surface area contributed by atoms with Gasteiger partial charge in [0.2, 0.25) is 5.82 Å². The van der Waals surface area contributed by atoms with Crippen LogP contribution in [0.4, 0.5) is 0 Å². The van der Waals surface area contributed by atoms with Crippen molar-refractivity contribution < 1.29 is 14.1 Å². The molecule has 3 aromatic carbocycles. The molecule has 144 valence electrons. The minimum Gasteiger partial charge on any atom is -0.380 e. The predicted molar refractivity (Wildman–Crippen MR) is 111 cm³/mol. The Balaban J connectivity index is 1.73.